The van der Waals surface area contributed by atoms with E-state index in [-0.39, 0.29) is 30.6 Å². The maximum atomic E-state index is 12.3. The average molecular weight is 351 g/mol. The second kappa shape index (κ2) is 7.82. The molecule has 1 atom stereocenters. The number of para-hydroxylation sites is 2. The van der Waals surface area contributed by atoms with Gasteiger partial charge >= 0.3 is 0 Å². The fraction of sp³-hybridized carbons (Fsp3) is 0.250. The predicted octanol–water partition coefficient (Wildman–Crippen LogP) is 2.72. The Kier molecular flexibility index (Phi) is 5.31. The van der Waals surface area contributed by atoms with Crippen LogP contribution in [0.1, 0.15) is 35.7 Å². The molecule has 1 aliphatic heterocycles. The van der Waals surface area contributed by atoms with E-state index >= 15 is 0 Å². The molecule has 0 radical (unpaired) electrons. The first-order valence-corrected chi connectivity index (χ1v) is 8.67. The number of hydrogen-bond donors (Lipinski definition) is 3. The summed E-state index contributed by atoms with van der Waals surface area (Å²) in [6.45, 7) is 2.02. The summed E-state index contributed by atoms with van der Waals surface area (Å²) in [6.07, 6.45) is 1.17. The molecule has 0 saturated heterocycles. The number of fused-ring (bicyclic) bond motifs is 1. The van der Waals surface area contributed by atoms with Gasteiger partial charge in [-0.3, -0.25) is 14.4 Å². The third kappa shape index (κ3) is 3.91. The van der Waals surface area contributed by atoms with Gasteiger partial charge < -0.3 is 16.0 Å². The number of anilines is 2. The van der Waals surface area contributed by atoms with Crippen LogP contribution in [0.4, 0.5) is 11.4 Å². The van der Waals surface area contributed by atoms with E-state index in [1.165, 1.54) is 0 Å². The van der Waals surface area contributed by atoms with Gasteiger partial charge in [0.05, 0.1) is 11.3 Å². The van der Waals surface area contributed by atoms with Crippen LogP contribution in [0.15, 0.2) is 48.5 Å². The zero-order chi connectivity index (χ0) is 18.5. The van der Waals surface area contributed by atoms with Crippen LogP contribution in [0, 0.1) is 0 Å². The summed E-state index contributed by atoms with van der Waals surface area (Å²) in [4.78, 5) is 36.9. The second-order valence-corrected chi connectivity index (χ2v) is 6.16. The minimum atomic E-state index is -0.748. The molecule has 3 N–H and O–H groups in total. The molecule has 1 unspecified atom stereocenters. The molecular weight excluding hydrogens is 330 g/mol. The quantitative estimate of drug-likeness (QED) is 0.774. The number of aryl methyl sites for hydroxylation is 1. The van der Waals surface area contributed by atoms with Gasteiger partial charge in [-0.2, -0.15) is 0 Å². The third-order valence-electron chi connectivity index (χ3n) is 4.38. The Morgan fingerprint density at radius 2 is 1.81 bits per heavy atom. The van der Waals surface area contributed by atoms with Crippen molar-refractivity contribution in [3.05, 3.63) is 59.7 Å². The highest BCUT2D eigenvalue weighted by atomic mass is 16.2. The lowest BCUT2D eigenvalue weighted by atomic mass is 10.1. The molecule has 2 aromatic carbocycles. The molecule has 0 fully saturated rings. The third-order valence-corrected chi connectivity index (χ3v) is 4.38. The average Bonchev–Trinajstić information content (AvgIpc) is 2.77. The Balaban J connectivity index is 1.62. The van der Waals surface area contributed by atoms with Crippen LogP contribution >= 0.6 is 0 Å². The van der Waals surface area contributed by atoms with Crippen LogP contribution in [0.25, 0.3) is 0 Å². The van der Waals surface area contributed by atoms with Gasteiger partial charge in [0.1, 0.15) is 6.04 Å². The van der Waals surface area contributed by atoms with Crippen molar-refractivity contribution >= 4 is 29.1 Å². The van der Waals surface area contributed by atoms with E-state index in [4.69, 9.17) is 0 Å². The Morgan fingerprint density at radius 1 is 1.08 bits per heavy atom. The molecule has 6 heteroatoms. The Labute approximate surface area is 152 Å². The van der Waals surface area contributed by atoms with Crippen LogP contribution in [-0.4, -0.2) is 23.8 Å². The topological polar surface area (TPSA) is 87.3 Å². The highest BCUT2D eigenvalue weighted by molar-refractivity contribution is 6.10. The number of hydrogen-bond acceptors (Lipinski definition) is 3. The number of benzene rings is 2. The lowest BCUT2D eigenvalue weighted by Crippen LogP contribution is -2.41. The molecule has 6 nitrogen and oxygen atoms in total. The molecule has 1 aliphatic rings. The van der Waals surface area contributed by atoms with E-state index in [0.717, 1.165) is 17.7 Å². The van der Waals surface area contributed by atoms with Crippen LogP contribution in [0.2, 0.25) is 0 Å². The van der Waals surface area contributed by atoms with Gasteiger partial charge in [0.25, 0.3) is 5.91 Å². The normalized spacial score (nSPS) is 16.1. The van der Waals surface area contributed by atoms with Crippen LogP contribution < -0.4 is 16.0 Å². The maximum Gasteiger partial charge on any atom is 0.254 e. The summed E-state index contributed by atoms with van der Waals surface area (Å²) in [7, 11) is 0. The van der Waals surface area contributed by atoms with Gasteiger partial charge in [0, 0.05) is 12.1 Å². The largest absolute Gasteiger partial charge is 0.340 e. The monoisotopic (exact) mass is 351 g/mol. The van der Waals surface area contributed by atoms with E-state index in [9.17, 15) is 14.4 Å². The molecule has 0 spiro atoms. The number of carbonyl (C=O) groups is 3. The van der Waals surface area contributed by atoms with Crippen molar-refractivity contribution in [2.75, 3.05) is 10.6 Å². The summed E-state index contributed by atoms with van der Waals surface area (Å²) in [5.41, 5.74) is 2.74. The van der Waals surface area contributed by atoms with Crippen molar-refractivity contribution in [3.63, 3.8) is 0 Å². The highest BCUT2D eigenvalue weighted by Crippen LogP contribution is 2.20. The van der Waals surface area contributed by atoms with E-state index in [1.807, 2.05) is 31.2 Å². The summed E-state index contributed by atoms with van der Waals surface area (Å²) in [5.74, 6) is -0.819. The van der Waals surface area contributed by atoms with Gasteiger partial charge in [-0.1, -0.05) is 37.3 Å². The van der Waals surface area contributed by atoms with Crippen molar-refractivity contribution in [1.82, 2.24) is 5.32 Å². The Hall–Kier alpha value is -3.15. The van der Waals surface area contributed by atoms with Crippen molar-refractivity contribution in [2.24, 2.45) is 0 Å². The molecule has 2 aromatic rings. The molecule has 134 valence electrons. The molecule has 3 amide bonds. The first-order valence-electron chi connectivity index (χ1n) is 8.67. The molecule has 3 rings (SSSR count). The molecular formula is C20H21N3O3. The second-order valence-electron chi connectivity index (χ2n) is 6.16. The zero-order valence-corrected chi connectivity index (χ0v) is 14.5. The lowest BCUT2D eigenvalue weighted by molar-refractivity contribution is -0.118. The standard InChI is InChI=1S/C20H21N3O3/c1-2-13-7-3-5-9-15(13)21-18(24)12-11-17-20(26)22-16-10-6-4-8-14(16)19(25)23-17/h3-10,17H,2,11-12H2,1H3,(H,21,24)(H,22,26)(H,23,25). The van der Waals surface area contributed by atoms with Crippen molar-refractivity contribution in [2.45, 2.75) is 32.2 Å². The van der Waals surface area contributed by atoms with Gasteiger partial charge in [-0.05, 0) is 36.6 Å². The van der Waals surface area contributed by atoms with Gasteiger partial charge in [0.2, 0.25) is 11.8 Å². The summed E-state index contributed by atoms with van der Waals surface area (Å²) in [5, 5.41) is 8.31. The van der Waals surface area contributed by atoms with Gasteiger partial charge in [-0.15, -0.1) is 0 Å². The van der Waals surface area contributed by atoms with Crippen LogP contribution in [0.5, 0.6) is 0 Å². The van der Waals surface area contributed by atoms with Crippen molar-refractivity contribution < 1.29 is 14.4 Å². The Morgan fingerprint density at radius 3 is 2.62 bits per heavy atom. The fourth-order valence-electron chi connectivity index (χ4n) is 2.95. The fourth-order valence-corrected chi connectivity index (χ4v) is 2.95. The van der Waals surface area contributed by atoms with Crippen LogP contribution in [-0.2, 0) is 16.0 Å². The molecule has 0 aromatic heterocycles. The van der Waals surface area contributed by atoms with Gasteiger partial charge in [-0.25, -0.2) is 0 Å². The first kappa shape index (κ1) is 17.7. The van der Waals surface area contributed by atoms with E-state index in [2.05, 4.69) is 16.0 Å². The molecule has 0 saturated carbocycles. The number of rotatable bonds is 5. The number of nitrogens with one attached hydrogen (secondary N) is 3. The van der Waals surface area contributed by atoms with Crippen molar-refractivity contribution in [1.29, 1.82) is 0 Å². The summed E-state index contributed by atoms with van der Waals surface area (Å²) in [6, 6.07) is 13.7. The van der Waals surface area contributed by atoms with E-state index in [0.29, 0.717) is 11.3 Å². The van der Waals surface area contributed by atoms with Crippen molar-refractivity contribution in [3.8, 4) is 0 Å². The summed E-state index contributed by atoms with van der Waals surface area (Å²) < 4.78 is 0. The minimum Gasteiger partial charge on any atom is -0.340 e. The highest BCUT2D eigenvalue weighted by Gasteiger charge is 2.27. The van der Waals surface area contributed by atoms with Crippen LogP contribution in [0.3, 0.4) is 0 Å². The molecule has 0 bridgehead atoms. The molecule has 0 aliphatic carbocycles. The SMILES string of the molecule is CCc1ccccc1NC(=O)CCC1NC(=O)c2ccccc2NC1=O. The number of carbonyl (C=O) groups excluding carboxylic acids is 3. The predicted molar refractivity (Wildman–Crippen MR) is 100 cm³/mol. The first-order chi connectivity index (χ1) is 12.6. The van der Waals surface area contributed by atoms with E-state index in [1.54, 1.807) is 24.3 Å². The molecule has 26 heavy (non-hydrogen) atoms. The smallest absolute Gasteiger partial charge is 0.254 e. The lowest BCUT2D eigenvalue weighted by Gasteiger charge is -2.15. The zero-order valence-electron chi connectivity index (χ0n) is 14.5. The molecule has 1 heterocycles. The Bertz CT molecular complexity index is 848. The summed E-state index contributed by atoms with van der Waals surface area (Å²) >= 11 is 0. The van der Waals surface area contributed by atoms with E-state index < -0.39 is 6.04 Å². The van der Waals surface area contributed by atoms with Gasteiger partial charge in [0.15, 0.2) is 0 Å². The maximum absolute atomic E-state index is 12.3. The minimum absolute atomic E-state index is 0.132. The number of amides is 3.